The van der Waals surface area contributed by atoms with Crippen LogP contribution in [0.2, 0.25) is 5.02 Å². The lowest BCUT2D eigenvalue weighted by Crippen LogP contribution is -2.18. The molecule has 0 saturated carbocycles. The van der Waals surface area contributed by atoms with Gasteiger partial charge in [-0.15, -0.1) is 5.10 Å². The van der Waals surface area contributed by atoms with Crippen molar-refractivity contribution in [3.63, 3.8) is 0 Å². The number of anilines is 1. The zero-order valence-electron chi connectivity index (χ0n) is 15.1. The molecule has 1 amide bonds. The third-order valence-corrected chi connectivity index (χ3v) is 4.05. The Labute approximate surface area is 162 Å². The molecular formula is C17H16ClF3N6O. The number of hydrogen-bond acceptors (Lipinski definition) is 4. The van der Waals surface area contributed by atoms with Gasteiger partial charge in [0.15, 0.2) is 5.69 Å². The molecule has 3 rings (SSSR count). The zero-order valence-corrected chi connectivity index (χ0v) is 15.9. The van der Waals surface area contributed by atoms with Crippen LogP contribution in [0.25, 0.3) is 5.69 Å². The van der Waals surface area contributed by atoms with E-state index in [0.717, 1.165) is 4.68 Å². The maximum absolute atomic E-state index is 13.2. The van der Waals surface area contributed by atoms with Gasteiger partial charge in [-0.3, -0.25) is 15.2 Å². The summed E-state index contributed by atoms with van der Waals surface area (Å²) < 4.78 is 40.3. The number of benzene rings is 1. The molecule has 0 aliphatic heterocycles. The van der Waals surface area contributed by atoms with E-state index in [1.807, 2.05) is 20.8 Å². The summed E-state index contributed by atoms with van der Waals surface area (Å²) in [6, 6.07) is 6.77. The Morgan fingerprint density at radius 1 is 1.21 bits per heavy atom. The number of para-hydroxylation sites is 1. The van der Waals surface area contributed by atoms with Gasteiger partial charge in [-0.25, -0.2) is 4.68 Å². The van der Waals surface area contributed by atoms with Crippen molar-refractivity contribution in [2.45, 2.75) is 32.4 Å². The number of amides is 1. The maximum Gasteiger partial charge on any atom is 0.435 e. The SMILES string of the molecule is CC(C)(C)c1nc(NC(=O)c2cc(C(F)(F)F)nn2-c2ccccc2Cl)n[nH]1. The van der Waals surface area contributed by atoms with Crippen LogP contribution in [0.15, 0.2) is 30.3 Å². The summed E-state index contributed by atoms with van der Waals surface area (Å²) in [5.41, 5.74) is -1.79. The molecule has 1 aromatic carbocycles. The van der Waals surface area contributed by atoms with Crippen LogP contribution in [-0.4, -0.2) is 30.9 Å². The molecule has 28 heavy (non-hydrogen) atoms. The van der Waals surface area contributed by atoms with E-state index < -0.39 is 17.8 Å². The minimum absolute atomic E-state index is 0.0598. The van der Waals surface area contributed by atoms with Crippen molar-refractivity contribution in [2.75, 3.05) is 5.32 Å². The molecule has 2 aromatic heterocycles. The lowest BCUT2D eigenvalue weighted by Gasteiger charge is -2.12. The summed E-state index contributed by atoms with van der Waals surface area (Å²) in [6.07, 6.45) is -4.73. The van der Waals surface area contributed by atoms with E-state index >= 15 is 0 Å². The first kappa shape index (κ1) is 19.9. The van der Waals surface area contributed by atoms with E-state index in [9.17, 15) is 18.0 Å². The fraction of sp³-hybridized carbons (Fsp3) is 0.294. The van der Waals surface area contributed by atoms with Gasteiger partial charge < -0.3 is 0 Å². The van der Waals surface area contributed by atoms with Crippen molar-refractivity contribution in [1.82, 2.24) is 25.0 Å². The Kier molecular flexibility index (Phi) is 4.92. The van der Waals surface area contributed by atoms with E-state index in [1.165, 1.54) is 12.1 Å². The predicted octanol–water partition coefficient (Wildman–Crippen LogP) is 4.21. The number of aromatic amines is 1. The molecule has 0 atom stereocenters. The fourth-order valence-electron chi connectivity index (χ4n) is 2.31. The number of carbonyl (C=O) groups is 1. The maximum atomic E-state index is 13.2. The summed E-state index contributed by atoms with van der Waals surface area (Å²) in [5.74, 6) is -0.406. The lowest BCUT2D eigenvalue weighted by molar-refractivity contribution is -0.141. The average molecular weight is 413 g/mol. The molecule has 148 valence electrons. The highest BCUT2D eigenvalue weighted by molar-refractivity contribution is 6.32. The van der Waals surface area contributed by atoms with Crippen LogP contribution in [0.5, 0.6) is 0 Å². The van der Waals surface area contributed by atoms with Crippen LogP contribution in [-0.2, 0) is 11.6 Å². The number of carbonyl (C=O) groups excluding carboxylic acids is 1. The number of rotatable bonds is 3. The molecule has 2 heterocycles. The Morgan fingerprint density at radius 3 is 2.46 bits per heavy atom. The van der Waals surface area contributed by atoms with Crippen molar-refractivity contribution in [2.24, 2.45) is 0 Å². The third kappa shape index (κ3) is 4.01. The molecule has 11 heteroatoms. The van der Waals surface area contributed by atoms with E-state index in [-0.39, 0.29) is 27.8 Å². The fourth-order valence-corrected chi connectivity index (χ4v) is 2.52. The second-order valence-corrected chi connectivity index (χ2v) is 7.39. The number of hydrogen-bond donors (Lipinski definition) is 2. The van der Waals surface area contributed by atoms with E-state index in [2.05, 4.69) is 25.6 Å². The van der Waals surface area contributed by atoms with Gasteiger partial charge in [0.25, 0.3) is 5.91 Å². The minimum Gasteiger partial charge on any atom is -0.288 e. The third-order valence-electron chi connectivity index (χ3n) is 3.73. The first-order valence-electron chi connectivity index (χ1n) is 8.13. The highest BCUT2D eigenvalue weighted by atomic mass is 35.5. The Morgan fingerprint density at radius 2 is 1.89 bits per heavy atom. The summed E-state index contributed by atoms with van der Waals surface area (Å²) in [5, 5.41) is 12.6. The van der Waals surface area contributed by atoms with Gasteiger partial charge in [0.2, 0.25) is 5.95 Å². The number of H-pyrrole nitrogens is 1. The molecule has 0 bridgehead atoms. The molecule has 2 N–H and O–H groups in total. The molecule has 3 aromatic rings. The number of aromatic nitrogens is 5. The summed E-state index contributed by atoms with van der Waals surface area (Å²) in [4.78, 5) is 16.8. The van der Waals surface area contributed by atoms with Crippen LogP contribution in [0, 0.1) is 0 Å². The number of nitrogens with one attached hydrogen (secondary N) is 2. The highest BCUT2D eigenvalue weighted by Crippen LogP contribution is 2.31. The van der Waals surface area contributed by atoms with Crippen LogP contribution in [0.3, 0.4) is 0 Å². The molecule has 7 nitrogen and oxygen atoms in total. The summed E-state index contributed by atoms with van der Waals surface area (Å²) in [7, 11) is 0. The van der Waals surface area contributed by atoms with Crippen molar-refractivity contribution >= 4 is 23.5 Å². The first-order valence-corrected chi connectivity index (χ1v) is 8.51. The normalized spacial score (nSPS) is 12.2. The quantitative estimate of drug-likeness (QED) is 0.674. The molecule has 0 unspecified atom stereocenters. The van der Waals surface area contributed by atoms with Crippen molar-refractivity contribution in [3.8, 4) is 5.69 Å². The second kappa shape index (κ2) is 6.93. The molecule has 0 aliphatic rings. The standard InChI is InChI=1S/C17H16ClF3N6O/c1-16(2,3)14-23-15(25-24-14)22-13(28)11-8-12(17(19,20)21)26-27(11)10-7-5-4-6-9(10)18/h4-8H,1-3H3,(H2,22,23,24,25,28). The second-order valence-electron chi connectivity index (χ2n) is 6.99. The Balaban J connectivity index is 2.00. The van der Waals surface area contributed by atoms with E-state index in [0.29, 0.717) is 11.9 Å². The van der Waals surface area contributed by atoms with Gasteiger partial charge in [0, 0.05) is 11.5 Å². The number of alkyl halides is 3. The summed E-state index contributed by atoms with van der Waals surface area (Å²) in [6.45, 7) is 5.67. The van der Waals surface area contributed by atoms with Crippen molar-refractivity contribution < 1.29 is 18.0 Å². The van der Waals surface area contributed by atoms with Crippen LogP contribution in [0.4, 0.5) is 19.1 Å². The molecular weight excluding hydrogens is 397 g/mol. The molecule has 0 fully saturated rings. The van der Waals surface area contributed by atoms with Gasteiger partial charge >= 0.3 is 6.18 Å². The summed E-state index contributed by atoms with van der Waals surface area (Å²) >= 11 is 6.07. The average Bonchev–Trinajstić information content (AvgIpc) is 3.21. The Bertz CT molecular complexity index is 1020. The van der Waals surface area contributed by atoms with Gasteiger partial charge in [0.05, 0.1) is 10.7 Å². The largest absolute Gasteiger partial charge is 0.435 e. The van der Waals surface area contributed by atoms with Gasteiger partial charge in [-0.2, -0.15) is 23.3 Å². The molecule has 0 radical (unpaired) electrons. The minimum atomic E-state index is -4.73. The van der Waals surface area contributed by atoms with Gasteiger partial charge in [-0.1, -0.05) is 44.5 Å². The molecule has 0 aliphatic carbocycles. The van der Waals surface area contributed by atoms with Crippen LogP contribution >= 0.6 is 11.6 Å². The van der Waals surface area contributed by atoms with Crippen LogP contribution in [0.1, 0.15) is 42.8 Å². The number of halogens is 4. The monoisotopic (exact) mass is 412 g/mol. The zero-order chi connectivity index (χ0) is 20.7. The predicted molar refractivity (Wildman–Crippen MR) is 96.6 cm³/mol. The van der Waals surface area contributed by atoms with Crippen molar-refractivity contribution in [1.29, 1.82) is 0 Å². The highest BCUT2D eigenvalue weighted by Gasteiger charge is 2.36. The molecule has 0 spiro atoms. The first-order chi connectivity index (χ1) is 13.0. The van der Waals surface area contributed by atoms with Gasteiger partial charge in [-0.05, 0) is 12.1 Å². The topological polar surface area (TPSA) is 88.5 Å². The van der Waals surface area contributed by atoms with Gasteiger partial charge in [0.1, 0.15) is 11.5 Å². The van der Waals surface area contributed by atoms with Crippen LogP contribution < -0.4 is 5.32 Å². The van der Waals surface area contributed by atoms with E-state index in [1.54, 1.807) is 12.1 Å². The Hall–Kier alpha value is -2.88. The molecule has 0 saturated heterocycles. The van der Waals surface area contributed by atoms with Crippen molar-refractivity contribution in [3.05, 3.63) is 52.6 Å². The lowest BCUT2D eigenvalue weighted by atomic mass is 9.96. The number of nitrogens with zero attached hydrogens (tertiary/aromatic N) is 4. The van der Waals surface area contributed by atoms with E-state index in [4.69, 9.17) is 11.6 Å². The smallest absolute Gasteiger partial charge is 0.288 e.